The van der Waals surface area contributed by atoms with Gasteiger partial charge in [0.2, 0.25) is 0 Å². The first kappa shape index (κ1) is 19.2. The van der Waals surface area contributed by atoms with Crippen molar-refractivity contribution in [2.45, 2.75) is 43.5 Å². The Hall–Kier alpha value is -2.46. The highest BCUT2D eigenvalue weighted by molar-refractivity contribution is 5.52. The maximum absolute atomic E-state index is 5.71. The summed E-state index contributed by atoms with van der Waals surface area (Å²) >= 11 is 0. The molecule has 3 nitrogen and oxygen atoms in total. The van der Waals surface area contributed by atoms with E-state index in [4.69, 9.17) is 14.2 Å². The van der Waals surface area contributed by atoms with E-state index in [0.717, 1.165) is 39.1 Å². The average Bonchev–Trinajstić information content (AvgIpc) is 3.65. The second kappa shape index (κ2) is 8.23. The topological polar surface area (TPSA) is 37.6 Å². The van der Waals surface area contributed by atoms with Crippen molar-refractivity contribution < 1.29 is 14.2 Å². The minimum absolute atomic E-state index is 0.209. The van der Waals surface area contributed by atoms with Gasteiger partial charge < -0.3 is 14.2 Å². The number of rotatable bonds is 9. The first-order chi connectivity index (χ1) is 15.3. The predicted molar refractivity (Wildman–Crippen MR) is 121 cm³/mol. The van der Waals surface area contributed by atoms with E-state index in [1.165, 1.54) is 33.4 Å². The standard InChI is InChI=1S/C28H28O3/c1-3-7-19(8-4-1)28(20-9-5-2-6-10-20)25-12-11-21(13-22-16-29-22)26(14-23-17-30-23)27(25)15-24-18-31-24/h1-12,22-24,28H,13-18H2. The zero-order valence-electron chi connectivity index (χ0n) is 17.7. The Kier molecular flexibility index (Phi) is 5.11. The molecular formula is C28H28O3. The third kappa shape index (κ3) is 4.45. The summed E-state index contributed by atoms with van der Waals surface area (Å²) < 4.78 is 17.0. The van der Waals surface area contributed by atoms with Crippen LogP contribution in [0.25, 0.3) is 0 Å². The molecule has 3 heteroatoms. The largest absolute Gasteiger partial charge is 0.373 e. The van der Waals surface area contributed by atoms with Crippen molar-refractivity contribution in [3.05, 3.63) is 106 Å². The van der Waals surface area contributed by atoms with Crippen LogP contribution in [0, 0.1) is 0 Å². The molecule has 3 fully saturated rings. The molecule has 0 aromatic heterocycles. The Labute approximate surface area is 184 Å². The summed E-state index contributed by atoms with van der Waals surface area (Å²) in [4.78, 5) is 0. The zero-order chi connectivity index (χ0) is 20.6. The Morgan fingerprint density at radius 1 is 0.581 bits per heavy atom. The molecule has 0 N–H and O–H groups in total. The van der Waals surface area contributed by atoms with E-state index in [1.54, 1.807) is 0 Å². The molecule has 0 radical (unpaired) electrons. The van der Waals surface area contributed by atoms with Crippen LogP contribution in [0.4, 0.5) is 0 Å². The summed E-state index contributed by atoms with van der Waals surface area (Å²) in [6.07, 6.45) is 4.06. The van der Waals surface area contributed by atoms with E-state index < -0.39 is 0 Å². The molecule has 0 aliphatic carbocycles. The molecule has 3 aromatic rings. The van der Waals surface area contributed by atoms with Crippen LogP contribution in [0.3, 0.4) is 0 Å². The summed E-state index contributed by atoms with van der Waals surface area (Å²) in [6, 6.07) is 26.5. The molecule has 3 unspecified atom stereocenters. The van der Waals surface area contributed by atoms with Crippen LogP contribution in [0.2, 0.25) is 0 Å². The van der Waals surface area contributed by atoms with E-state index in [-0.39, 0.29) is 5.92 Å². The van der Waals surface area contributed by atoms with Gasteiger partial charge in [-0.25, -0.2) is 0 Å². The minimum atomic E-state index is 0.209. The van der Waals surface area contributed by atoms with Crippen LogP contribution in [-0.4, -0.2) is 38.1 Å². The molecule has 3 aliphatic rings. The fourth-order valence-corrected chi connectivity index (χ4v) is 4.82. The molecule has 3 atom stereocenters. The van der Waals surface area contributed by atoms with Gasteiger partial charge >= 0.3 is 0 Å². The number of ether oxygens (including phenoxy) is 3. The summed E-state index contributed by atoms with van der Waals surface area (Å²) in [6.45, 7) is 2.64. The van der Waals surface area contributed by atoms with E-state index in [0.29, 0.717) is 18.3 Å². The molecule has 0 spiro atoms. The Bertz CT molecular complexity index is 995. The molecule has 0 bridgehead atoms. The van der Waals surface area contributed by atoms with Crippen molar-refractivity contribution >= 4 is 0 Å². The second-order valence-corrected chi connectivity index (χ2v) is 9.00. The van der Waals surface area contributed by atoms with E-state index in [2.05, 4.69) is 72.8 Å². The van der Waals surface area contributed by atoms with Gasteiger partial charge in [-0.05, 0) is 33.4 Å². The molecule has 3 aliphatic heterocycles. The van der Waals surface area contributed by atoms with Crippen LogP contribution in [0.15, 0.2) is 72.8 Å². The van der Waals surface area contributed by atoms with Crippen LogP contribution < -0.4 is 0 Å². The number of hydrogen-bond acceptors (Lipinski definition) is 3. The summed E-state index contributed by atoms with van der Waals surface area (Å²) in [7, 11) is 0. The van der Waals surface area contributed by atoms with Gasteiger partial charge in [0, 0.05) is 25.2 Å². The molecule has 0 saturated carbocycles. The first-order valence-corrected chi connectivity index (χ1v) is 11.4. The van der Waals surface area contributed by atoms with E-state index in [9.17, 15) is 0 Å². The Balaban J connectivity index is 1.51. The van der Waals surface area contributed by atoms with Crippen molar-refractivity contribution in [2.75, 3.05) is 19.8 Å². The third-order valence-corrected chi connectivity index (χ3v) is 6.66. The fraction of sp³-hybridized carbons (Fsp3) is 0.357. The van der Waals surface area contributed by atoms with Crippen LogP contribution in [-0.2, 0) is 33.5 Å². The van der Waals surface area contributed by atoms with Crippen LogP contribution in [0.5, 0.6) is 0 Å². The minimum Gasteiger partial charge on any atom is -0.373 e. The summed E-state index contributed by atoms with van der Waals surface area (Å²) in [5.41, 5.74) is 8.44. The van der Waals surface area contributed by atoms with Gasteiger partial charge in [-0.1, -0.05) is 72.8 Å². The lowest BCUT2D eigenvalue weighted by molar-refractivity contribution is 0.397. The predicted octanol–water partition coefficient (Wildman–Crippen LogP) is 4.69. The van der Waals surface area contributed by atoms with Gasteiger partial charge in [0.05, 0.1) is 38.1 Å². The molecule has 31 heavy (non-hydrogen) atoms. The molecule has 6 rings (SSSR count). The summed E-state index contributed by atoms with van der Waals surface area (Å²) in [5, 5.41) is 0. The van der Waals surface area contributed by atoms with Gasteiger partial charge in [-0.2, -0.15) is 0 Å². The highest BCUT2D eigenvalue weighted by Gasteiger charge is 2.33. The lowest BCUT2D eigenvalue weighted by Crippen LogP contribution is -2.15. The average molecular weight is 413 g/mol. The normalized spacial score (nSPS) is 23.7. The van der Waals surface area contributed by atoms with Crippen molar-refractivity contribution in [3.8, 4) is 0 Å². The van der Waals surface area contributed by atoms with Crippen LogP contribution in [0.1, 0.15) is 39.3 Å². The smallest absolute Gasteiger partial charge is 0.0850 e. The Morgan fingerprint density at radius 3 is 1.58 bits per heavy atom. The maximum atomic E-state index is 5.71. The lowest BCUT2D eigenvalue weighted by atomic mass is 9.78. The highest BCUT2D eigenvalue weighted by Crippen LogP contribution is 2.39. The summed E-state index contributed by atoms with van der Waals surface area (Å²) in [5.74, 6) is 0.209. The first-order valence-electron chi connectivity index (χ1n) is 11.4. The van der Waals surface area contributed by atoms with Crippen molar-refractivity contribution in [3.63, 3.8) is 0 Å². The monoisotopic (exact) mass is 412 g/mol. The molecular weight excluding hydrogens is 384 g/mol. The third-order valence-electron chi connectivity index (χ3n) is 6.66. The van der Waals surface area contributed by atoms with Crippen LogP contribution >= 0.6 is 0 Å². The maximum Gasteiger partial charge on any atom is 0.0850 e. The van der Waals surface area contributed by atoms with Gasteiger partial charge in [0.1, 0.15) is 0 Å². The number of hydrogen-bond donors (Lipinski definition) is 0. The molecule has 3 saturated heterocycles. The van der Waals surface area contributed by atoms with E-state index in [1.807, 2.05) is 0 Å². The number of epoxide rings is 3. The van der Waals surface area contributed by atoms with Gasteiger partial charge in [0.25, 0.3) is 0 Å². The highest BCUT2D eigenvalue weighted by atomic mass is 16.6. The lowest BCUT2D eigenvalue weighted by Gasteiger charge is -2.25. The fourth-order valence-electron chi connectivity index (χ4n) is 4.82. The van der Waals surface area contributed by atoms with Crippen molar-refractivity contribution in [1.82, 2.24) is 0 Å². The van der Waals surface area contributed by atoms with Gasteiger partial charge in [0.15, 0.2) is 0 Å². The molecule has 158 valence electrons. The number of benzene rings is 3. The van der Waals surface area contributed by atoms with Crippen molar-refractivity contribution in [2.24, 2.45) is 0 Å². The second-order valence-electron chi connectivity index (χ2n) is 9.00. The quantitative estimate of drug-likeness (QED) is 0.378. The van der Waals surface area contributed by atoms with Crippen molar-refractivity contribution in [1.29, 1.82) is 0 Å². The SMILES string of the molecule is c1ccc(C(c2ccccc2)c2ccc(CC3CO3)c(CC3CO3)c2CC2CO2)cc1. The van der Waals surface area contributed by atoms with Gasteiger partial charge in [-0.3, -0.25) is 0 Å². The van der Waals surface area contributed by atoms with Gasteiger partial charge in [-0.15, -0.1) is 0 Å². The molecule has 3 heterocycles. The zero-order valence-corrected chi connectivity index (χ0v) is 17.7. The molecule has 0 amide bonds. The van der Waals surface area contributed by atoms with E-state index >= 15 is 0 Å². The molecule has 3 aromatic carbocycles. The Morgan fingerprint density at radius 2 is 1.06 bits per heavy atom.